The average Bonchev–Trinajstić information content (AvgIpc) is 3.09. The van der Waals surface area contributed by atoms with Crippen LogP contribution in [0.25, 0.3) is 0 Å². The van der Waals surface area contributed by atoms with Crippen molar-refractivity contribution in [2.24, 2.45) is 10.9 Å². The molecule has 3 rings (SSSR count). The molecule has 1 aliphatic heterocycles. The van der Waals surface area contributed by atoms with Crippen molar-refractivity contribution >= 4 is 17.8 Å². The van der Waals surface area contributed by atoms with Crippen LogP contribution >= 0.6 is 0 Å². The summed E-state index contributed by atoms with van der Waals surface area (Å²) in [5.74, 6) is -2.10. The molecule has 2 unspecified atom stereocenters. The molecule has 0 radical (unpaired) electrons. The number of hydrogen-bond donors (Lipinski definition) is 1. The van der Waals surface area contributed by atoms with Crippen molar-refractivity contribution in [1.82, 2.24) is 9.78 Å². The zero-order valence-electron chi connectivity index (χ0n) is 15.7. The third-order valence-corrected chi connectivity index (χ3v) is 4.63. The summed E-state index contributed by atoms with van der Waals surface area (Å²) in [6, 6.07) is 8.04. The van der Waals surface area contributed by atoms with E-state index in [4.69, 9.17) is 0 Å². The first-order valence-corrected chi connectivity index (χ1v) is 8.67. The molecule has 0 fully saturated rings. The smallest absolute Gasteiger partial charge is 0.325 e. The van der Waals surface area contributed by atoms with E-state index in [1.165, 1.54) is 19.9 Å². The van der Waals surface area contributed by atoms with Crippen LogP contribution in [0.2, 0.25) is 0 Å². The number of halogens is 6. The molecule has 1 N–H and O–H groups in total. The van der Waals surface area contributed by atoms with Gasteiger partial charge in [0.25, 0.3) is 0 Å². The summed E-state index contributed by atoms with van der Waals surface area (Å²) in [5, 5.41) is 5.75. The average molecular weight is 430 g/mol. The predicted octanol–water partition coefficient (Wildman–Crippen LogP) is 4.88. The van der Waals surface area contributed by atoms with Crippen molar-refractivity contribution < 1.29 is 31.1 Å². The van der Waals surface area contributed by atoms with Crippen molar-refractivity contribution in [3.05, 3.63) is 59.6 Å². The Kier molecular flexibility index (Phi) is 5.25. The largest absolute Gasteiger partial charge is 0.435 e. The number of aliphatic imine (C=N–C) groups is 1. The number of rotatable bonds is 3. The topological polar surface area (TPSA) is 59.3 Å². The molecule has 0 saturated heterocycles. The fourth-order valence-electron chi connectivity index (χ4n) is 3.25. The van der Waals surface area contributed by atoms with Crippen LogP contribution in [0, 0.1) is 5.92 Å². The molecule has 1 aromatic carbocycles. The van der Waals surface area contributed by atoms with Crippen LogP contribution in [0.15, 0.2) is 53.2 Å². The van der Waals surface area contributed by atoms with E-state index in [1.54, 1.807) is 30.3 Å². The van der Waals surface area contributed by atoms with Gasteiger partial charge in [0.05, 0.1) is 5.54 Å². The number of para-hydroxylation sites is 1. The standard InChI is InChI=1S/C19H16F6N4O/c1-11-9-17(2,13(10-26-11)16(30)27-12-6-4-3-5-7-12)29-15(19(23,24)25)8-14(28-29)18(20,21)22/h3-10,13H,1-2H3,(H,27,30). The molecule has 1 amide bonds. The van der Waals surface area contributed by atoms with Crippen LogP contribution in [0.3, 0.4) is 0 Å². The van der Waals surface area contributed by atoms with Gasteiger partial charge in [-0.3, -0.25) is 9.79 Å². The minimum absolute atomic E-state index is 0.0632. The number of benzene rings is 1. The fourth-order valence-corrected chi connectivity index (χ4v) is 3.25. The lowest BCUT2D eigenvalue weighted by molar-refractivity contribution is -0.147. The van der Waals surface area contributed by atoms with E-state index in [0.717, 1.165) is 6.21 Å². The second-order valence-electron chi connectivity index (χ2n) is 6.94. The van der Waals surface area contributed by atoms with Gasteiger partial charge in [0, 0.05) is 23.7 Å². The zero-order chi connectivity index (χ0) is 22.3. The lowest BCUT2D eigenvalue weighted by Crippen LogP contribution is -2.47. The molecular weight excluding hydrogens is 414 g/mol. The highest BCUT2D eigenvalue weighted by Gasteiger charge is 2.49. The molecule has 0 aliphatic carbocycles. The quantitative estimate of drug-likeness (QED) is 0.706. The summed E-state index contributed by atoms with van der Waals surface area (Å²) in [6.07, 6.45) is -7.91. The van der Waals surface area contributed by atoms with E-state index in [-0.39, 0.29) is 16.4 Å². The number of anilines is 1. The van der Waals surface area contributed by atoms with Crippen LogP contribution in [0.4, 0.5) is 32.0 Å². The van der Waals surface area contributed by atoms with Crippen molar-refractivity contribution in [3.8, 4) is 0 Å². The molecular formula is C19H16F6N4O. The Hall–Kier alpha value is -3.11. The number of carbonyl (C=O) groups is 1. The summed E-state index contributed by atoms with van der Waals surface area (Å²) in [6.45, 7) is 2.67. The van der Waals surface area contributed by atoms with Crippen molar-refractivity contribution in [1.29, 1.82) is 0 Å². The molecule has 1 aliphatic rings. The van der Waals surface area contributed by atoms with Gasteiger partial charge in [-0.05, 0) is 32.1 Å². The summed E-state index contributed by atoms with van der Waals surface area (Å²) in [5.41, 5.74) is -4.60. The molecule has 1 aromatic heterocycles. The van der Waals surface area contributed by atoms with Crippen LogP contribution in [0.5, 0.6) is 0 Å². The van der Waals surface area contributed by atoms with Gasteiger partial charge >= 0.3 is 12.4 Å². The molecule has 11 heteroatoms. The lowest BCUT2D eigenvalue weighted by Gasteiger charge is -2.36. The van der Waals surface area contributed by atoms with Gasteiger partial charge in [0.1, 0.15) is 11.6 Å². The molecule has 160 valence electrons. The minimum atomic E-state index is -5.13. The number of amides is 1. The Bertz CT molecular complexity index is 1010. The molecule has 2 atom stereocenters. The maximum absolute atomic E-state index is 13.6. The van der Waals surface area contributed by atoms with E-state index < -0.39 is 41.1 Å². The Morgan fingerprint density at radius 1 is 1.10 bits per heavy atom. The van der Waals surface area contributed by atoms with Crippen molar-refractivity contribution in [2.45, 2.75) is 31.7 Å². The maximum atomic E-state index is 13.6. The van der Waals surface area contributed by atoms with E-state index in [1.807, 2.05) is 0 Å². The molecule has 0 spiro atoms. The molecule has 2 heterocycles. The van der Waals surface area contributed by atoms with Gasteiger partial charge in [-0.25, -0.2) is 4.68 Å². The van der Waals surface area contributed by atoms with Gasteiger partial charge in [-0.1, -0.05) is 18.2 Å². The third-order valence-electron chi connectivity index (χ3n) is 4.63. The SMILES string of the molecule is CC1=CC(C)(n2nc(C(F)(F)F)cc2C(F)(F)F)C(C(=O)Nc2ccccc2)C=N1. The summed E-state index contributed by atoms with van der Waals surface area (Å²) >= 11 is 0. The van der Waals surface area contributed by atoms with Gasteiger partial charge in [-0.2, -0.15) is 31.4 Å². The Morgan fingerprint density at radius 2 is 1.73 bits per heavy atom. The van der Waals surface area contributed by atoms with Gasteiger partial charge in [-0.15, -0.1) is 0 Å². The third kappa shape index (κ3) is 4.10. The molecule has 30 heavy (non-hydrogen) atoms. The summed E-state index contributed by atoms with van der Waals surface area (Å²) in [4.78, 5) is 16.8. The van der Waals surface area contributed by atoms with Crippen LogP contribution in [0.1, 0.15) is 25.2 Å². The van der Waals surface area contributed by atoms with E-state index in [2.05, 4.69) is 15.4 Å². The second kappa shape index (κ2) is 7.29. The van der Waals surface area contributed by atoms with Crippen LogP contribution in [-0.2, 0) is 22.7 Å². The van der Waals surface area contributed by atoms with Crippen molar-refractivity contribution in [2.75, 3.05) is 5.32 Å². The normalized spacial score (nSPS) is 22.0. The highest BCUT2D eigenvalue weighted by molar-refractivity contribution is 6.03. The highest BCUT2D eigenvalue weighted by atomic mass is 19.4. The molecule has 0 saturated carbocycles. The first-order chi connectivity index (χ1) is 13.8. The summed E-state index contributed by atoms with van der Waals surface area (Å²) in [7, 11) is 0. The summed E-state index contributed by atoms with van der Waals surface area (Å²) < 4.78 is 80.3. The maximum Gasteiger partial charge on any atom is 0.435 e. The molecule has 5 nitrogen and oxygen atoms in total. The number of carbonyl (C=O) groups excluding carboxylic acids is 1. The van der Waals surface area contributed by atoms with E-state index >= 15 is 0 Å². The fraction of sp³-hybridized carbons (Fsp3) is 0.316. The number of allylic oxidation sites excluding steroid dienone is 2. The van der Waals surface area contributed by atoms with E-state index in [0.29, 0.717) is 5.69 Å². The molecule has 0 bridgehead atoms. The Labute approximate surface area is 167 Å². The number of alkyl halides is 6. The van der Waals surface area contributed by atoms with Gasteiger partial charge < -0.3 is 5.32 Å². The number of aromatic nitrogens is 2. The first kappa shape index (κ1) is 21.6. The van der Waals surface area contributed by atoms with Gasteiger partial charge in [0.15, 0.2) is 5.69 Å². The first-order valence-electron chi connectivity index (χ1n) is 8.67. The molecule has 2 aromatic rings. The zero-order valence-corrected chi connectivity index (χ0v) is 15.7. The van der Waals surface area contributed by atoms with Crippen molar-refractivity contribution in [3.63, 3.8) is 0 Å². The van der Waals surface area contributed by atoms with Crippen LogP contribution in [-0.4, -0.2) is 21.9 Å². The monoisotopic (exact) mass is 430 g/mol. The lowest BCUT2D eigenvalue weighted by atomic mass is 9.82. The number of hydrogen-bond acceptors (Lipinski definition) is 3. The second-order valence-corrected chi connectivity index (χ2v) is 6.94. The van der Waals surface area contributed by atoms with Crippen LogP contribution < -0.4 is 5.32 Å². The number of nitrogens with one attached hydrogen (secondary N) is 1. The Balaban J connectivity index is 2.12. The predicted molar refractivity (Wildman–Crippen MR) is 96.7 cm³/mol. The van der Waals surface area contributed by atoms with E-state index in [9.17, 15) is 31.1 Å². The van der Waals surface area contributed by atoms with Gasteiger partial charge in [0.2, 0.25) is 5.91 Å². The minimum Gasteiger partial charge on any atom is -0.325 e. The Morgan fingerprint density at radius 3 is 2.30 bits per heavy atom. The highest BCUT2D eigenvalue weighted by Crippen LogP contribution is 2.41. The number of nitrogens with zero attached hydrogens (tertiary/aromatic N) is 3.